The molecule has 0 aromatic heterocycles. The Hall–Kier alpha value is -1.08. The minimum absolute atomic E-state index is 0.0651. The quantitative estimate of drug-likeness (QED) is 0.727. The van der Waals surface area contributed by atoms with Gasteiger partial charge in [-0.25, -0.2) is 8.42 Å². The van der Waals surface area contributed by atoms with E-state index in [1.54, 1.807) is 29.2 Å². The van der Waals surface area contributed by atoms with Crippen LogP contribution >= 0.6 is 23.2 Å². The molecule has 1 aromatic rings. The van der Waals surface area contributed by atoms with Gasteiger partial charge in [-0.05, 0) is 30.2 Å². The van der Waals surface area contributed by atoms with Crippen molar-refractivity contribution in [3.8, 4) is 0 Å². The summed E-state index contributed by atoms with van der Waals surface area (Å²) in [6.45, 7) is 2.63. The van der Waals surface area contributed by atoms with Crippen LogP contribution in [-0.4, -0.2) is 67.9 Å². The Bertz CT molecular complexity index is 787. The van der Waals surface area contributed by atoms with Crippen LogP contribution in [0.5, 0.6) is 0 Å². The average molecular weight is 403 g/mol. The number of halogens is 2. The molecule has 136 valence electrons. The lowest BCUT2D eigenvalue weighted by Gasteiger charge is -2.37. The van der Waals surface area contributed by atoms with Crippen LogP contribution in [-0.2, 0) is 14.6 Å². The molecule has 0 unspecified atom stereocenters. The maximum atomic E-state index is 12.3. The second-order valence-electron chi connectivity index (χ2n) is 6.42. The molecular weight excluding hydrogens is 383 g/mol. The first-order chi connectivity index (χ1) is 11.8. The van der Waals surface area contributed by atoms with Gasteiger partial charge in [-0.2, -0.15) is 0 Å². The van der Waals surface area contributed by atoms with Gasteiger partial charge < -0.3 is 4.90 Å². The fourth-order valence-corrected chi connectivity index (χ4v) is 5.51. The minimum atomic E-state index is -2.88. The van der Waals surface area contributed by atoms with Gasteiger partial charge in [0.05, 0.1) is 11.5 Å². The lowest BCUT2D eigenvalue weighted by atomic mass is 10.2. The van der Waals surface area contributed by atoms with Gasteiger partial charge in [0.1, 0.15) is 0 Å². The highest BCUT2D eigenvalue weighted by Crippen LogP contribution is 2.22. The van der Waals surface area contributed by atoms with Crippen molar-refractivity contribution < 1.29 is 13.2 Å². The van der Waals surface area contributed by atoms with Crippen molar-refractivity contribution in [2.45, 2.75) is 12.5 Å². The van der Waals surface area contributed by atoms with Gasteiger partial charge >= 0.3 is 0 Å². The van der Waals surface area contributed by atoms with Crippen molar-refractivity contribution in [3.63, 3.8) is 0 Å². The van der Waals surface area contributed by atoms with E-state index in [4.69, 9.17) is 23.2 Å². The predicted molar refractivity (Wildman–Crippen MR) is 101 cm³/mol. The molecule has 2 aliphatic heterocycles. The molecule has 5 nitrogen and oxygen atoms in total. The Balaban J connectivity index is 1.54. The van der Waals surface area contributed by atoms with Crippen LogP contribution in [0, 0.1) is 0 Å². The number of carbonyl (C=O) groups is 1. The van der Waals surface area contributed by atoms with E-state index in [1.165, 1.54) is 6.08 Å². The number of nitrogens with zero attached hydrogens (tertiary/aromatic N) is 2. The van der Waals surface area contributed by atoms with Crippen LogP contribution in [0.4, 0.5) is 0 Å². The van der Waals surface area contributed by atoms with Crippen LogP contribution in [0.25, 0.3) is 6.08 Å². The maximum Gasteiger partial charge on any atom is 0.246 e. The molecule has 1 atom stereocenters. The van der Waals surface area contributed by atoms with Crippen LogP contribution < -0.4 is 0 Å². The molecule has 2 saturated heterocycles. The maximum absolute atomic E-state index is 12.3. The lowest BCUT2D eigenvalue weighted by molar-refractivity contribution is -0.127. The SMILES string of the molecule is O=C(/C=C/c1ccc(Cl)cc1Cl)N1CCN([C@H]2CCS(=O)(=O)C2)CC1. The van der Waals surface area contributed by atoms with Gasteiger partial charge in [0.25, 0.3) is 0 Å². The van der Waals surface area contributed by atoms with Gasteiger partial charge in [0, 0.05) is 48.3 Å². The average Bonchev–Trinajstić information content (AvgIpc) is 2.94. The summed E-state index contributed by atoms with van der Waals surface area (Å²) in [6, 6.07) is 5.24. The van der Waals surface area contributed by atoms with E-state index in [0.29, 0.717) is 42.6 Å². The molecule has 1 amide bonds. The number of rotatable bonds is 3. The van der Waals surface area contributed by atoms with E-state index in [-0.39, 0.29) is 23.5 Å². The van der Waals surface area contributed by atoms with Crippen molar-refractivity contribution in [3.05, 3.63) is 39.9 Å². The summed E-state index contributed by atoms with van der Waals surface area (Å²) < 4.78 is 23.2. The van der Waals surface area contributed by atoms with Crippen molar-refractivity contribution in [1.82, 2.24) is 9.80 Å². The number of benzene rings is 1. The molecule has 1 aromatic carbocycles. The monoisotopic (exact) mass is 402 g/mol. The van der Waals surface area contributed by atoms with Gasteiger partial charge in [-0.3, -0.25) is 9.69 Å². The molecule has 3 rings (SSSR count). The summed E-state index contributed by atoms with van der Waals surface area (Å²) in [4.78, 5) is 16.3. The topological polar surface area (TPSA) is 57.7 Å². The largest absolute Gasteiger partial charge is 0.337 e. The summed E-state index contributed by atoms with van der Waals surface area (Å²) in [7, 11) is -2.88. The number of piperazine rings is 1. The number of hydrogen-bond donors (Lipinski definition) is 0. The molecule has 2 heterocycles. The van der Waals surface area contributed by atoms with E-state index in [1.807, 2.05) is 0 Å². The van der Waals surface area contributed by atoms with E-state index in [2.05, 4.69) is 4.90 Å². The molecule has 0 saturated carbocycles. The van der Waals surface area contributed by atoms with Crippen LogP contribution in [0.3, 0.4) is 0 Å². The number of sulfone groups is 1. The number of hydrogen-bond acceptors (Lipinski definition) is 4. The molecule has 2 fully saturated rings. The first-order valence-corrected chi connectivity index (χ1v) is 10.8. The molecular formula is C17H20Cl2N2O3S. The summed E-state index contributed by atoms with van der Waals surface area (Å²) >= 11 is 12.0. The first kappa shape index (κ1) is 18.7. The van der Waals surface area contributed by atoms with E-state index in [9.17, 15) is 13.2 Å². The molecule has 0 spiro atoms. The van der Waals surface area contributed by atoms with Crippen molar-refractivity contribution in [1.29, 1.82) is 0 Å². The summed E-state index contributed by atoms with van der Waals surface area (Å²) in [6.07, 6.45) is 3.91. The van der Waals surface area contributed by atoms with Crippen molar-refractivity contribution in [2.24, 2.45) is 0 Å². The zero-order chi connectivity index (χ0) is 18.0. The fourth-order valence-electron chi connectivity index (χ4n) is 3.27. The van der Waals surface area contributed by atoms with Gasteiger partial charge in [0.15, 0.2) is 9.84 Å². The molecule has 0 aliphatic carbocycles. The third-order valence-electron chi connectivity index (χ3n) is 4.72. The van der Waals surface area contributed by atoms with E-state index < -0.39 is 9.84 Å². The van der Waals surface area contributed by atoms with Crippen LogP contribution in [0.2, 0.25) is 10.0 Å². The predicted octanol–water partition coefficient (Wildman–Crippen LogP) is 2.34. The Morgan fingerprint density at radius 1 is 1.16 bits per heavy atom. The Kier molecular flexibility index (Phi) is 5.73. The normalized spacial score (nSPS) is 24.1. The number of amides is 1. The zero-order valence-corrected chi connectivity index (χ0v) is 16.0. The highest BCUT2D eigenvalue weighted by Gasteiger charge is 2.34. The van der Waals surface area contributed by atoms with Gasteiger partial charge in [-0.15, -0.1) is 0 Å². The van der Waals surface area contributed by atoms with Gasteiger partial charge in [-0.1, -0.05) is 29.3 Å². The van der Waals surface area contributed by atoms with Crippen LogP contribution in [0.1, 0.15) is 12.0 Å². The van der Waals surface area contributed by atoms with E-state index >= 15 is 0 Å². The Morgan fingerprint density at radius 2 is 1.88 bits per heavy atom. The van der Waals surface area contributed by atoms with Crippen molar-refractivity contribution >= 4 is 45.0 Å². The zero-order valence-electron chi connectivity index (χ0n) is 13.7. The minimum Gasteiger partial charge on any atom is -0.337 e. The molecule has 0 N–H and O–H groups in total. The lowest BCUT2D eigenvalue weighted by Crippen LogP contribution is -2.52. The third kappa shape index (κ3) is 4.76. The number of carbonyl (C=O) groups excluding carboxylic acids is 1. The standard InChI is InChI=1S/C17H20Cl2N2O3S/c18-14-3-1-13(16(19)11-14)2-4-17(22)21-8-6-20(7-9-21)15-5-10-25(23,24)12-15/h1-4,11,15H,5-10,12H2/b4-2+/t15-/m0/s1. The molecule has 8 heteroatoms. The second kappa shape index (κ2) is 7.66. The van der Waals surface area contributed by atoms with E-state index in [0.717, 1.165) is 5.56 Å². The Morgan fingerprint density at radius 3 is 2.48 bits per heavy atom. The summed E-state index contributed by atoms with van der Waals surface area (Å²) in [5, 5.41) is 1.06. The molecule has 0 radical (unpaired) electrons. The Labute approximate surface area is 158 Å². The van der Waals surface area contributed by atoms with Crippen molar-refractivity contribution in [2.75, 3.05) is 37.7 Å². The summed E-state index contributed by atoms with van der Waals surface area (Å²) in [5.74, 6) is 0.460. The summed E-state index contributed by atoms with van der Waals surface area (Å²) in [5.41, 5.74) is 0.745. The molecule has 2 aliphatic rings. The third-order valence-corrected chi connectivity index (χ3v) is 7.03. The first-order valence-electron chi connectivity index (χ1n) is 8.20. The molecule has 0 bridgehead atoms. The highest BCUT2D eigenvalue weighted by molar-refractivity contribution is 7.91. The highest BCUT2D eigenvalue weighted by atomic mass is 35.5. The molecule has 25 heavy (non-hydrogen) atoms. The van der Waals surface area contributed by atoms with Crippen LogP contribution in [0.15, 0.2) is 24.3 Å². The van der Waals surface area contributed by atoms with Gasteiger partial charge in [0.2, 0.25) is 5.91 Å². The fraction of sp³-hybridized carbons (Fsp3) is 0.471. The smallest absolute Gasteiger partial charge is 0.246 e. The second-order valence-corrected chi connectivity index (χ2v) is 9.49.